The third kappa shape index (κ3) is 3.55. The highest BCUT2D eigenvalue weighted by molar-refractivity contribution is 6.01. The van der Waals surface area contributed by atoms with Gasteiger partial charge in [0, 0.05) is 5.56 Å². The van der Waals surface area contributed by atoms with Crippen molar-refractivity contribution < 1.29 is 23.5 Å². The lowest BCUT2D eigenvalue weighted by molar-refractivity contribution is 0.0318. The fraction of sp³-hybridized carbons (Fsp3) is 0.300. The molecule has 2 aromatic carbocycles. The van der Waals surface area contributed by atoms with Gasteiger partial charge in [-0.2, -0.15) is 0 Å². The smallest absolute Gasteiger partial charge is 0.338 e. The Morgan fingerprint density at radius 1 is 1.04 bits per heavy atom. The zero-order valence-electron chi connectivity index (χ0n) is 14.2. The van der Waals surface area contributed by atoms with E-state index in [1.807, 2.05) is 12.1 Å². The standard InChI is InChI=1S/C20H19FO4/c1-12(19(22)15-7-6-13-4-3-5-14(13)10-15)25-20(23)16-8-9-18(24-2)17(21)11-16/h6-12H,3-5H2,1-2H3. The quantitative estimate of drug-likeness (QED) is 0.613. The van der Waals surface area contributed by atoms with Crippen LogP contribution in [-0.2, 0) is 17.6 Å². The van der Waals surface area contributed by atoms with Crippen LogP contribution in [-0.4, -0.2) is 25.0 Å². The SMILES string of the molecule is COc1ccc(C(=O)OC(C)C(=O)c2ccc3c(c2)CCC3)cc1F. The molecule has 1 atom stereocenters. The number of esters is 1. The van der Waals surface area contributed by atoms with Gasteiger partial charge in [0.2, 0.25) is 5.78 Å². The van der Waals surface area contributed by atoms with Crippen molar-refractivity contribution in [3.05, 3.63) is 64.5 Å². The number of Topliss-reactive ketones (excluding diaryl/α,β-unsaturated/α-hetero) is 1. The molecular formula is C20H19FO4. The van der Waals surface area contributed by atoms with Gasteiger partial charge < -0.3 is 9.47 Å². The van der Waals surface area contributed by atoms with Gasteiger partial charge in [0.25, 0.3) is 0 Å². The number of halogens is 1. The van der Waals surface area contributed by atoms with Crippen molar-refractivity contribution in [3.63, 3.8) is 0 Å². The van der Waals surface area contributed by atoms with Crippen LogP contribution in [0, 0.1) is 5.82 Å². The summed E-state index contributed by atoms with van der Waals surface area (Å²) < 4.78 is 23.7. The van der Waals surface area contributed by atoms with Gasteiger partial charge in [0.15, 0.2) is 17.7 Å². The predicted molar refractivity (Wildman–Crippen MR) is 90.6 cm³/mol. The summed E-state index contributed by atoms with van der Waals surface area (Å²) in [5.41, 5.74) is 3.02. The fourth-order valence-corrected chi connectivity index (χ4v) is 3.04. The van der Waals surface area contributed by atoms with Crippen LogP contribution in [0.15, 0.2) is 36.4 Å². The molecule has 1 unspecified atom stereocenters. The van der Waals surface area contributed by atoms with Gasteiger partial charge in [-0.3, -0.25) is 4.79 Å². The maximum atomic E-state index is 13.7. The molecule has 5 heteroatoms. The van der Waals surface area contributed by atoms with Crippen LogP contribution in [0.1, 0.15) is 45.2 Å². The first-order valence-corrected chi connectivity index (χ1v) is 8.20. The Bertz CT molecular complexity index is 828. The third-order valence-electron chi connectivity index (χ3n) is 4.42. The molecule has 0 aromatic heterocycles. The van der Waals surface area contributed by atoms with Crippen molar-refractivity contribution in [2.75, 3.05) is 7.11 Å². The lowest BCUT2D eigenvalue weighted by Crippen LogP contribution is -2.24. The summed E-state index contributed by atoms with van der Waals surface area (Å²) in [4.78, 5) is 24.7. The van der Waals surface area contributed by atoms with Gasteiger partial charge in [-0.1, -0.05) is 12.1 Å². The molecule has 2 aromatic rings. The molecule has 0 radical (unpaired) electrons. The molecule has 130 valence electrons. The minimum atomic E-state index is -0.947. The number of ether oxygens (including phenoxy) is 2. The first-order chi connectivity index (χ1) is 12.0. The van der Waals surface area contributed by atoms with E-state index in [0.717, 1.165) is 25.3 Å². The van der Waals surface area contributed by atoms with Gasteiger partial charge in [-0.25, -0.2) is 9.18 Å². The minimum absolute atomic E-state index is 0.0342. The molecular weight excluding hydrogens is 323 g/mol. The lowest BCUT2D eigenvalue weighted by Gasteiger charge is -2.13. The number of hydrogen-bond donors (Lipinski definition) is 0. The van der Waals surface area contributed by atoms with Gasteiger partial charge in [0.05, 0.1) is 12.7 Å². The Kier molecular flexibility index (Phi) is 4.83. The average molecular weight is 342 g/mol. The van der Waals surface area contributed by atoms with E-state index in [2.05, 4.69) is 0 Å². The van der Waals surface area contributed by atoms with Gasteiger partial charge in [-0.05, 0) is 61.6 Å². The fourth-order valence-electron chi connectivity index (χ4n) is 3.04. The minimum Gasteiger partial charge on any atom is -0.494 e. The van der Waals surface area contributed by atoms with E-state index in [9.17, 15) is 14.0 Å². The topological polar surface area (TPSA) is 52.6 Å². The van der Waals surface area contributed by atoms with Crippen LogP contribution in [0.4, 0.5) is 4.39 Å². The number of fused-ring (bicyclic) bond motifs is 1. The van der Waals surface area contributed by atoms with Gasteiger partial charge in [0.1, 0.15) is 0 Å². The number of benzene rings is 2. The third-order valence-corrected chi connectivity index (χ3v) is 4.42. The Balaban J connectivity index is 1.70. The van der Waals surface area contributed by atoms with Gasteiger partial charge >= 0.3 is 5.97 Å². The van der Waals surface area contributed by atoms with E-state index < -0.39 is 17.9 Å². The molecule has 0 aliphatic heterocycles. The Morgan fingerprint density at radius 3 is 2.48 bits per heavy atom. The molecule has 3 rings (SSSR count). The average Bonchev–Trinajstić information content (AvgIpc) is 3.08. The summed E-state index contributed by atoms with van der Waals surface area (Å²) >= 11 is 0. The summed E-state index contributed by atoms with van der Waals surface area (Å²) in [5, 5.41) is 0. The lowest BCUT2D eigenvalue weighted by atomic mass is 10.0. The molecule has 0 saturated carbocycles. The number of methoxy groups -OCH3 is 1. The zero-order valence-corrected chi connectivity index (χ0v) is 14.2. The van der Waals surface area contributed by atoms with Gasteiger partial charge in [-0.15, -0.1) is 0 Å². The summed E-state index contributed by atoms with van der Waals surface area (Å²) in [6.07, 6.45) is 2.16. The summed E-state index contributed by atoms with van der Waals surface area (Å²) in [7, 11) is 1.34. The van der Waals surface area contributed by atoms with Crippen LogP contribution in [0.3, 0.4) is 0 Å². The van der Waals surface area contributed by atoms with Crippen molar-refractivity contribution in [1.82, 2.24) is 0 Å². The molecule has 1 aliphatic carbocycles. The molecule has 0 fully saturated rings. The number of rotatable bonds is 5. The van der Waals surface area contributed by atoms with Crippen molar-refractivity contribution in [3.8, 4) is 5.75 Å². The second kappa shape index (κ2) is 7.05. The van der Waals surface area contributed by atoms with E-state index in [-0.39, 0.29) is 17.1 Å². The van der Waals surface area contributed by atoms with Crippen LogP contribution in [0.5, 0.6) is 5.75 Å². The highest BCUT2D eigenvalue weighted by Crippen LogP contribution is 2.24. The van der Waals surface area contributed by atoms with E-state index in [0.29, 0.717) is 5.56 Å². The number of aryl methyl sites for hydroxylation is 2. The van der Waals surface area contributed by atoms with Crippen molar-refractivity contribution >= 4 is 11.8 Å². The molecule has 4 nitrogen and oxygen atoms in total. The van der Waals surface area contributed by atoms with E-state index >= 15 is 0 Å². The molecule has 25 heavy (non-hydrogen) atoms. The van der Waals surface area contributed by atoms with Crippen LogP contribution >= 0.6 is 0 Å². The normalized spacial score (nSPS) is 13.9. The summed E-state index contributed by atoms with van der Waals surface area (Å²) in [6, 6.07) is 9.39. The van der Waals surface area contributed by atoms with Crippen LogP contribution < -0.4 is 4.74 Å². The Labute approximate surface area is 145 Å². The van der Waals surface area contributed by atoms with E-state index in [4.69, 9.17) is 9.47 Å². The molecule has 0 saturated heterocycles. The van der Waals surface area contributed by atoms with E-state index in [1.165, 1.54) is 37.3 Å². The van der Waals surface area contributed by atoms with Crippen molar-refractivity contribution in [1.29, 1.82) is 0 Å². The second-order valence-electron chi connectivity index (χ2n) is 6.10. The first kappa shape index (κ1) is 17.1. The zero-order chi connectivity index (χ0) is 18.0. The van der Waals surface area contributed by atoms with Crippen LogP contribution in [0.25, 0.3) is 0 Å². The van der Waals surface area contributed by atoms with Crippen molar-refractivity contribution in [2.24, 2.45) is 0 Å². The molecule has 0 spiro atoms. The number of hydrogen-bond acceptors (Lipinski definition) is 4. The summed E-state index contributed by atoms with van der Waals surface area (Å²) in [6.45, 7) is 1.52. The largest absolute Gasteiger partial charge is 0.494 e. The predicted octanol–water partition coefficient (Wildman–Crippen LogP) is 3.75. The number of carbonyl (C=O) groups excluding carboxylic acids is 2. The molecule has 1 aliphatic rings. The Hall–Kier alpha value is -2.69. The molecule has 0 heterocycles. The Morgan fingerprint density at radius 2 is 1.76 bits per heavy atom. The maximum Gasteiger partial charge on any atom is 0.338 e. The molecule has 0 bridgehead atoms. The first-order valence-electron chi connectivity index (χ1n) is 8.20. The second-order valence-corrected chi connectivity index (χ2v) is 6.10. The molecule has 0 N–H and O–H groups in total. The highest BCUT2D eigenvalue weighted by Gasteiger charge is 2.22. The van der Waals surface area contributed by atoms with Crippen molar-refractivity contribution in [2.45, 2.75) is 32.3 Å². The number of ketones is 1. The van der Waals surface area contributed by atoms with Crippen LogP contribution in [0.2, 0.25) is 0 Å². The number of carbonyl (C=O) groups is 2. The maximum absolute atomic E-state index is 13.7. The highest BCUT2D eigenvalue weighted by atomic mass is 19.1. The summed E-state index contributed by atoms with van der Waals surface area (Å²) in [5.74, 6) is -1.63. The molecule has 0 amide bonds. The monoisotopic (exact) mass is 342 g/mol. The van der Waals surface area contributed by atoms with E-state index in [1.54, 1.807) is 6.07 Å².